The monoisotopic (exact) mass is 344 g/mol. The van der Waals surface area contributed by atoms with E-state index in [2.05, 4.69) is 4.90 Å². The number of para-hydroxylation sites is 1. The molecule has 0 bridgehead atoms. The molecule has 2 aromatic rings. The summed E-state index contributed by atoms with van der Waals surface area (Å²) in [4.78, 5) is 28.1. The molecule has 1 aromatic heterocycles. The second kappa shape index (κ2) is 7.15. The SMILES string of the molecule is CCN(Cc1csc(C(=O)O)c1)C1CCN(c2ccccc2)C1=O. The first-order chi connectivity index (χ1) is 11.6. The maximum Gasteiger partial charge on any atom is 0.345 e. The van der Waals surface area contributed by atoms with Crippen molar-refractivity contribution >= 4 is 28.9 Å². The van der Waals surface area contributed by atoms with E-state index in [9.17, 15) is 9.59 Å². The fraction of sp³-hybridized carbons (Fsp3) is 0.333. The predicted molar refractivity (Wildman–Crippen MR) is 94.6 cm³/mol. The molecular weight excluding hydrogens is 324 g/mol. The molecule has 126 valence electrons. The van der Waals surface area contributed by atoms with Crippen molar-refractivity contribution in [3.05, 3.63) is 52.2 Å². The highest BCUT2D eigenvalue weighted by atomic mass is 32.1. The highest BCUT2D eigenvalue weighted by Crippen LogP contribution is 2.26. The third kappa shape index (κ3) is 3.34. The molecule has 6 heteroatoms. The molecule has 1 unspecified atom stereocenters. The Balaban J connectivity index is 1.72. The number of likely N-dealkylation sites (N-methyl/N-ethyl adjacent to an activating group) is 1. The van der Waals surface area contributed by atoms with Gasteiger partial charge in [-0.2, -0.15) is 0 Å². The van der Waals surface area contributed by atoms with Gasteiger partial charge in [0.2, 0.25) is 5.91 Å². The van der Waals surface area contributed by atoms with Crippen LogP contribution in [0.4, 0.5) is 5.69 Å². The van der Waals surface area contributed by atoms with Gasteiger partial charge in [-0.1, -0.05) is 25.1 Å². The Labute approximate surface area is 145 Å². The van der Waals surface area contributed by atoms with Gasteiger partial charge in [-0.15, -0.1) is 11.3 Å². The fourth-order valence-corrected chi connectivity index (χ4v) is 3.86. The normalized spacial score (nSPS) is 17.7. The Kier molecular flexibility index (Phi) is 4.97. The minimum absolute atomic E-state index is 0.122. The van der Waals surface area contributed by atoms with Crippen LogP contribution in [0.2, 0.25) is 0 Å². The summed E-state index contributed by atoms with van der Waals surface area (Å²) in [5.41, 5.74) is 1.88. The number of hydrogen-bond acceptors (Lipinski definition) is 4. The number of amides is 1. The van der Waals surface area contributed by atoms with Gasteiger partial charge in [0, 0.05) is 18.8 Å². The summed E-state index contributed by atoms with van der Waals surface area (Å²) in [5.74, 6) is -0.779. The average molecular weight is 344 g/mol. The lowest BCUT2D eigenvalue weighted by Gasteiger charge is -2.26. The smallest absolute Gasteiger partial charge is 0.345 e. The fourth-order valence-electron chi connectivity index (χ4n) is 3.12. The molecule has 0 radical (unpaired) electrons. The average Bonchev–Trinajstić information content (AvgIpc) is 3.20. The quantitative estimate of drug-likeness (QED) is 0.875. The van der Waals surface area contributed by atoms with Crippen molar-refractivity contribution in [1.29, 1.82) is 0 Å². The number of thiophene rings is 1. The number of benzene rings is 1. The van der Waals surface area contributed by atoms with Crippen LogP contribution < -0.4 is 4.90 Å². The van der Waals surface area contributed by atoms with Crippen LogP contribution in [0.15, 0.2) is 41.8 Å². The standard InChI is InChI=1S/C18H20N2O3S/c1-2-19(11-13-10-16(18(22)23)24-12-13)15-8-9-20(17(15)21)14-6-4-3-5-7-14/h3-7,10,12,15H,2,8-9,11H2,1H3,(H,22,23). The minimum atomic E-state index is -0.901. The van der Waals surface area contributed by atoms with Gasteiger partial charge in [0.05, 0.1) is 6.04 Å². The summed E-state index contributed by atoms with van der Waals surface area (Å²) in [6, 6.07) is 11.3. The molecule has 2 heterocycles. The Hall–Kier alpha value is -2.18. The van der Waals surface area contributed by atoms with Gasteiger partial charge in [-0.25, -0.2) is 4.79 Å². The first kappa shape index (κ1) is 16.7. The highest BCUT2D eigenvalue weighted by molar-refractivity contribution is 7.12. The molecule has 5 nitrogen and oxygen atoms in total. The lowest BCUT2D eigenvalue weighted by Crippen LogP contribution is -2.41. The van der Waals surface area contributed by atoms with E-state index in [1.54, 1.807) is 6.07 Å². The summed E-state index contributed by atoms with van der Waals surface area (Å²) in [7, 11) is 0. The van der Waals surface area contributed by atoms with Crippen LogP contribution in [-0.2, 0) is 11.3 Å². The van der Waals surface area contributed by atoms with Crippen LogP contribution in [0.3, 0.4) is 0 Å². The molecule has 3 rings (SSSR count). The molecule has 0 spiro atoms. The van der Waals surface area contributed by atoms with Crippen LogP contribution in [0.1, 0.15) is 28.6 Å². The van der Waals surface area contributed by atoms with E-state index < -0.39 is 5.97 Å². The zero-order chi connectivity index (χ0) is 17.1. The van der Waals surface area contributed by atoms with Gasteiger partial charge in [0.1, 0.15) is 4.88 Å². The molecular formula is C18H20N2O3S. The van der Waals surface area contributed by atoms with Crippen molar-refractivity contribution in [2.24, 2.45) is 0 Å². The summed E-state index contributed by atoms with van der Waals surface area (Å²) in [5, 5.41) is 10.9. The number of carboxylic acids is 1. The van der Waals surface area contributed by atoms with Crippen molar-refractivity contribution in [2.75, 3.05) is 18.0 Å². The molecule has 1 aromatic carbocycles. The van der Waals surface area contributed by atoms with Crippen molar-refractivity contribution in [3.63, 3.8) is 0 Å². The van der Waals surface area contributed by atoms with Gasteiger partial charge >= 0.3 is 5.97 Å². The molecule has 1 saturated heterocycles. The number of rotatable bonds is 6. The van der Waals surface area contributed by atoms with E-state index in [1.807, 2.05) is 47.5 Å². The third-order valence-corrected chi connectivity index (χ3v) is 5.31. The van der Waals surface area contributed by atoms with Crippen LogP contribution in [0.5, 0.6) is 0 Å². The maximum atomic E-state index is 12.8. The van der Waals surface area contributed by atoms with Crippen molar-refractivity contribution in [1.82, 2.24) is 4.90 Å². The Morgan fingerprint density at radius 3 is 2.75 bits per heavy atom. The zero-order valence-corrected chi connectivity index (χ0v) is 14.3. The lowest BCUT2D eigenvalue weighted by molar-refractivity contribution is -0.121. The van der Waals surface area contributed by atoms with Gasteiger partial charge in [-0.3, -0.25) is 9.69 Å². The van der Waals surface area contributed by atoms with Gasteiger partial charge in [-0.05, 0) is 42.1 Å². The highest BCUT2D eigenvalue weighted by Gasteiger charge is 2.36. The lowest BCUT2D eigenvalue weighted by atomic mass is 10.2. The molecule has 0 saturated carbocycles. The number of carbonyl (C=O) groups is 2. The zero-order valence-electron chi connectivity index (χ0n) is 13.5. The van der Waals surface area contributed by atoms with Gasteiger partial charge in [0.25, 0.3) is 0 Å². The molecule has 1 N–H and O–H groups in total. The summed E-state index contributed by atoms with van der Waals surface area (Å²) in [6.45, 7) is 4.09. The number of aromatic carboxylic acids is 1. The van der Waals surface area contributed by atoms with E-state index in [-0.39, 0.29) is 11.9 Å². The van der Waals surface area contributed by atoms with Gasteiger partial charge in [0.15, 0.2) is 0 Å². The van der Waals surface area contributed by atoms with E-state index in [4.69, 9.17) is 5.11 Å². The second-order valence-electron chi connectivity index (χ2n) is 5.82. The number of nitrogens with zero attached hydrogens (tertiary/aromatic N) is 2. The summed E-state index contributed by atoms with van der Waals surface area (Å²) in [6.07, 6.45) is 0.789. The van der Waals surface area contributed by atoms with E-state index in [0.717, 1.165) is 24.2 Å². The largest absolute Gasteiger partial charge is 0.477 e. The molecule has 1 atom stereocenters. The van der Waals surface area contributed by atoms with Crippen molar-refractivity contribution in [2.45, 2.75) is 25.9 Å². The Bertz CT molecular complexity index is 729. The summed E-state index contributed by atoms with van der Waals surface area (Å²) < 4.78 is 0. The topological polar surface area (TPSA) is 60.9 Å². The molecule has 1 aliphatic heterocycles. The number of carbonyl (C=O) groups excluding carboxylic acids is 1. The number of anilines is 1. The van der Waals surface area contributed by atoms with Crippen LogP contribution >= 0.6 is 11.3 Å². The molecule has 1 aliphatic rings. The summed E-state index contributed by atoms with van der Waals surface area (Å²) >= 11 is 1.23. The minimum Gasteiger partial charge on any atom is -0.477 e. The maximum absolute atomic E-state index is 12.8. The van der Waals surface area contributed by atoms with Crippen LogP contribution in [0.25, 0.3) is 0 Å². The van der Waals surface area contributed by atoms with E-state index in [1.165, 1.54) is 11.3 Å². The predicted octanol–water partition coefficient (Wildman–Crippen LogP) is 3.07. The number of hydrogen-bond donors (Lipinski definition) is 1. The molecule has 1 fully saturated rings. The van der Waals surface area contributed by atoms with Crippen molar-refractivity contribution in [3.8, 4) is 0 Å². The molecule has 24 heavy (non-hydrogen) atoms. The Morgan fingerprint density at radius 1 is 1.38 bits per heavy atom. The van der Waals surface area contributed by atoms with Crippen LogP contribution in [-0.4, -0.2) is 41.0 Å². The van der Waals surface area contributed by atoms with Gasteiger partial charge < -0.3 is 10.0 Å². The first-order valence-corrected chi connectivity index (χ1v) is 8.89. The van der Waals surface area contributed by atoms with E-state index >= 15 is 0 Å². The second-order valence-corrected chi connectivity index (χ2v) is 6.73. The Morgan fingerprint density at radius 2 is 2.12 bits per heavy atom. The first-order valence-electron chi connectivity index (χ1n) is 8.01. The number of carboxylic acid groups (broad SMARTS) is 1. The molecule has 1 amide bonds. The van der Waals surface area contributed by atoms with Crippen molar-refractivity contribution < 1.29 is 14.7 Å². The molecule has 0 aliphatic carbocycles. The van der Waals surface area contributed by atoms with E-state index in [0.29, 0.717) is 18.0 Å². The van der Waals surface area contributed by atoms with Crippen LogP contribution in [0, 0.1) is 0 Å². The third-order valence-electron chi connectivity index (χ3n) is 4.34.